The number of carbonyl (C=O) groups is 2. The molecule has 5 nitrogen and oxygen atoms in total. The van der Waals surface area contributed by atoms with Gasteiger partial charge in [-0.1, -0.05) is 23.7 Å². The first kappa shape index (κ1) is 22.2. The number of likely N-dealkylation sites (N-methyl/N-ethyl adjacent to an activating group) is 1. The Morgan fingerprint density at radius 2 is 1.77 bits per heavy atom. The molecular weight excluding hydrogens is 400 g/mol. The minimum atomic E-state index is -0.517. The molecule has 2 aromatic rings. The van der Waals surface area contributed by atoms with E-state index in [4.69, 9.17) is 16.3 Å². The number of benzene rings is 2. The minimum absolute atomic E-state index is 0.0816. The maximum Gasteiger partial charge on any atom is 0.338 e. The third-order valence-corrected chi connectivity index (χ3v) is 5.60. The molecule has 0 bridgehead atoms. The summed E-state index contributed by atoms with van der Waals surface area (Å²) in [5.74, 6) is -0.964. The van der Waals surface area contributed by atoms with Gasteiger partial charge in [0, 0.05) is 30.3 Å². The second-order valence-electron chi connectivity index (χ2n) is 7.42. The van der Waals surface area contributed by atoms with Gasteiger partial charge in [0.1, 0.15) is 0 Å². The number of nitrogens with zero attached hydrogens (tertiary/aromatic N) is 1. The summed E-state index contributed by atoms with van der Waals surface area (Å²) in [6.45, 7) is 6.48. The van der Waals surface area contributed by atoms with Crippen LogP contribution in [0.2, 0.25) is 5.02 Å². The fourth-order valence-electron chi connectivity index (χ4n) is 3.95. The number of rotatable bonds is 7. The van der Waals surface area contributed by atoms with E-state index in [0.29, 0.717) is 23.7 Å². The van der Waals surface area contributed by atoms with Gasteiger partial charge in [-0.3, -0.25) is 4.79 Å². The van der Waals surface area contributed by atoms with Crippen LogP contribution in [0, 0.1) is 0 Å². The van der Waals surface area contributed by atoms with Gasteiger partial charge in [0.2, 0.25) is 5.91 Å². The Morgan fingerprint density at radius 1 is 1.07 bits per heavy atom. The molecule has 1 fully saturated rings. The lowest BCUT2D eigenvalue weighted by molar-refractivity contribution is -0.121. The Labute approximate surface area is 183 Å². The Bertz CT molecular complexity index is 877. The van der Waals surface area contributed by atoms with E-state index >= 15 is 0 Å². The van der Waals surface area contributed by atoms with E-state index in [9.17, 15) is 9.59 Å². The first-order chi connectivity index (χ1) is 14.5. The summed E-state index contributed by atoms with van der Waals surface area (Å²) in [5, 5.41) is 3.56. The Balaban J connectivity index is 2.03. The number of piperidine rings is 1. The zero-order chi connectivity index (χ0) is 21.5. The number of hydrogen-bond acceptors (Lipinski definition) is 4. The summed E-state index contributed by atoms with van der Waals surface area (Å²) in [4.78, 5) is 27.5. The highest BCUT2D eigenvalue weighted by Gasteiger charge is 2.28. The molecule has 0 aromatic heterocycles. The lowest BCUT2D eigenvalue weighted by Gasteiger charge is -2.32. The summed E-state index contributed by atoms with van der Waals surface area (Å²) in [5.41, 5.74) is 3.22. The monoisotopic (exact) mass is 428 g/mol. The van der Waals surface area contributed by atoms with Crippen LogP contribution in [0.3, 0.4) is 0 Å². The number of hydrogen-bond donors (Lipinski definition) is 1. The van der Waals surface area contributed by atoms with E-state index in [2.05, 4.69) is 10.2 Å². The van der Waals surface area contributed by atoms with Crippen molar-refractivity contribution in [2.75, 3.05) is 31.1 Å². The molecule has 1 aliphatic rings. The first-order valence-corrected chi connectivity index (χ1v) is 11.0. The predicted molar refractivity (Wildman–Crippen MR) is 120 cm³/mol. The van der Waals surface area contributed by atoms with Crippen molar-refractivity contribution in [3.05, 3.63) is 64.2 Å². The van der Waals surface area contributed by atoms with Crippen LogP contribution < -0.4 is 10.2 Å². The fraction of sp³-hybridized carbons (Fsp3) is 0.417. The van der Waals surface area contributed by atoms with Crippen LogP contribution in [0.1, 0.15) is 60.5 Å². The van der Waals surface area contributed by atoms with Crippen molar-refractivity contribution >= 4 is 29.2 Å². The Morgan fingerprint density at radius 3 is 2.40 bits per heavy atom. The standard InChI is InChI=1S/C24H29ClN2O3/c1-3-26-23(28)22(17-8-10-18(11-9-17)24(29)30-4-2)20-16-19(25)12-13-21(20)27-14-6-5-7-15-27/h8-13,16,22H,3-7,14-15H2,1-2H3,(H,26,28). The zero-order valence-corrected chi connectivity index (χ0v) is 18.4. The van der Waals surface area contributed by atoms with Crippen LogP contribution in [-0.4, -0.2) is 38.1 Å². The molecule has 0 radical (unpaired) electrons. The van der Waals surface area contributed by atoms with Gasteiger partial charge in [-0.2, -0.15) is 0 Å². The lowest BCUT2D eigenvalue weighted by Crippen LogP contribution is -2.34. The van der Waals surface area contributed by atoms with Gasteiger partial charge in [-0.15, -0.1) is 0 Å². The average molecular weight is 429 g/mol. The van der Waals surface area contributed by atoms with Crippen molar-refractivity contribution in [1.29, 1.82) is 0 Å². The average Bonchev–Trinajstić information content (AvgIpc) is 2.75. The summed E-state index contributed by atoms with van der Waals surface area (Å²) in [7, 11) is 0. The molecule has 0 aliphatic carbocycles. The molecule has 160 valence electrons. The molecule has 30 heavy (non-hydrogen) atoms. The minimum Gasteiger partial charge on any atom is -0.462 e. The second kappa shape index (κ2) is 10.5. The predicted octanol–water partition coefficient (Wildman–Crippen LogP) is 4.78. The van der Waals surface area contributed by atoms with E-state index in [1.54, 1.807) is 19.1 Å². The highest BCUT2D eigenvalue weighted by molar-refractivity contribution is 6.30. The topological polar surface area (TPSA) is 58.6 Å². The van der Waals surface area contributed by atoms with Gasteiger partial charge < -0.3 is 15.0 Å². The number of nitrogens with one attached hydrogen (secondary N) is 1. The van der Waals surface area contributed by atoms with Crippen molar-refractivity contribution < 1.29 is 14.3 Å². The van der Waals surface area contributed by atoms with Gasteiger partial charge in [0.05, 0.1) is 18.1 Å². The van der Waals surface area contributed by atoms with Crippen molar-refractivity contribution in [2.45, 2.75) is 39.0 Å². The van der Waals surface area contributed by atoms with Crippen LogP contribution >= 0.6 is 11.6 Å². The lowest BCUT2D eigenvalue weighted by atomic mass is 9.88. The van der Waals surface area contributed by atoms with E-state index in [0.717, 1.165) is 42.7 Å². The normalized spacial score (nSPS) is 14.8. The van der Waals surface area contributed by atoms with Crippen LogP contribution in [-0.2, 0) is 9.53 Å². The summed E-state index contributed by atoms with van der Waals surface area (Å²) in [6, 6.07) is 12.9. The van der Waals surface area contributed by atoms with Gasteiger partial charge in [-0.05, 0) is 74.6 Å². The van der Waals surface area contributed by atoms with Crippen LogP contribution in [0.15, 0.2) is 42.5 Å². The summed E-state index contributed by atoms with van der Waals surface area (Å²) >= 11 is 6.36. The fourth-order valence-corrected chi connectivity index (χ4v) is 4.13. The van der Waals surface area contributed by atoms with Crippen LogP contribution in [0.5, 0.6) is 0 Å². The zero-order valence-electron chi connectivity index (χ0n) is 17.6. The maximum absolute atomic E-state index is 13.1. The summed E-state index contributed by atoms with van der Waals surface area (Å²) in [6.07, 6.45) is 3.51. The molecule has 1 N–H and O–H groups in total. The molecule has 0 saturated carbocycles. The van der Waals surface area contributed by atoms with E-state index in [-0.39, 0.29) is 11.9 Å². The van der Waals surface area contributed by atoms with E-state index in [1.165, 1.54) is 6.42 Å². The Kier molecular flexibility index (Phi) is 7.75. The number of esters is 1. The van der Waals surface area contributed by atoms with Gasteiger partial charge in [0.25, 0.3) is 0 Å². The molecular formula is C24H29ClN2O3. The third-order valence-electron chi connectivity index (χ3n) is 5.37. The second-order valence-corrected chi connectivity index (χ2v) is 7.86. The molecule has 1 heterocycles. The number of carbonyl (C=O) groups excluding carboxylic acids is 2. The van der Waals surface area contributed by atoms with Crippen molar-refractivity contribution in [3.8, 4) is 0 Å². The Hall–Kier alpha value is -2.53. The quantitative estimate of drug-likeness (QED) is 0.645. The van der Waals surface area contributed by atoms with Gasteiger partial charge in [0.15, 0.2) is 0 Å². The van der Waals surface area contributed by atoms with Crippen molar-refractivity contribution in [3.63, 3.8) is 0 Å². The number of amides is 1. The molecule has 3 rings (SSSR count). The molecule has 0 spiro atoms. The van der Waals surface area contributed by atoms with Gasteiger partial charge >= 0.3 is 5.97 Å². The molecule has 6 heteroatoms. The van der Waals surface area contributed by atoms with E-state index < -0.39 is 5.92 Å². The number of anilines is 1. The first-order valence-electron chi connectivity index (χ1n) is 10.6. The SMILES string of the molecule is CCNC(=O)C(c1ccc(C(=O)OCC)cc1)c1cc(Cl)ccc1N1CCCCC1. The molecule has 1 amide bonds. The van der Waals surface area contributed by atoms with Gasteiger partial charge in [-0.25, -0.2) is 4.79 Å². The number of halogens is 1. The molecule has 1 atom stereocenters. The van der Waals surface area contributed by atoms with Crippen molar-refractivity contribution in [1.82, 2.24) is 5.32 Å². The van der Waals surface area contributed by atoms with Crippen LogP contribution in [0.4, 0.5) is 5.69 Å². The van der Waals surface area contributed by atoms with Crippen LogP contribution in [0.25, 0.3) is 0 Å². The summed E-state index contributed by atoms with van der Waals surface area (Å²) < 4.78 is 5.07. The smallest absolute Gasteiger partial charge is 0.338 e. The molecule has 2 aromatic carbocycles. The highest BCUT2D eigenvalue weighted by Crippen LogP contribution is 2.36. The molecule has 1 unspecified atom stereocenters. The molecule has 1 aliphatic heterocycles. The molecule has 1 saturated heterocycles. The van der Waals surface area contributed by atoms with Crippen molar-refractivity contribution in [2.24, 2.45) is 0 Å². The number of ether oxygens (including phenoxy) is 1. The largest absolute Gasteiger partial charge is 0.462 e. The highest BCUT2D eigenvalue weighted by atomic mass is 35.5. The third kappa shape index (κ3) is 5.14. The maximum atomic E-state index is 13.1. The van der Waals surface area contributed by atoms with E-state index in [1.807, 2.05) is 37.3 Å².